The first kappa shape index (κ1) is 23.7. The fourth-order valence-corrected chi connectivity index (χ4v) is 4.53. The molecular formula is C25H28IN3O4. The number of rotatable bonds is 9. The fraction of sp³-hybridized carbons (Fsp3) is 0.360. The lowest BCUT2D eigenvalue weighted by Gasteiger charge is -2.37. The lowest BCUT2D eigenvalue weighted by molar-refractivity contribution is -0.166. The number of benzene rings is 2. The average Bonchev–Trinajstić information content (AvgIpc) is 3.25. The van der Waals surface area contributed by atoms with E-state index in [4.69, 9.17) is 9.47 Å². The van der Waals surface area contributed by atoms with Gasteiger partial charge in [-0.25, -0.2) is 4.98 Å². The third-order valence-corrected chi connectivity index (χ3v) is 6.46. The monoisotopic (exact) mass is 561 g/mol. The Labute approximate surface area is 206 Å². The summed E-state index contributed by atoms with van der Waals surface area (Å²) in [5.74, 6) is 0.539. The number of ether oxygens (including phenoxy) is 2. The Morgan fingerprint density at radius 3 is 2.76 bits per heavy atom. The van der Waals surface area contributed by atoms with Gasteiger partial charge in [0.1, 0.15) is 5.82 Å². The van der Waals surface area contributed by atoms with Crippen LogP contribution >= 0.6 is 22.6 Å². The summed E-state index contributed by atoms with van der Waals surface area (Å²) < 4.78 is 13.1. The van der Waals surface area contributed by atoms with E-state index in [1.54, 1.807) is 0 Å². The Hall–Kier alpha value is -2.43. The summed E-state index contributed by atoms with van der Waals surface area (Å²) in [7, 11) is 0. The van der Waals surface area contributed by atoms with Crippen molar-refractivity contribution in [2.45, 2.75) is 38.5 Å². The lowest BCUT2D eigenvalue weighted by atomic mass is 9.80. The molecule has 0 fully saturated rings. The van der Waals surface area contributed by atoms with Crippen molar-refractivity contribution < 1.29 is 19.4 Å². The third-order valence-electron chi connectivity index (χ3n) is 5.74. The zero-order chi connectivity index (χ0) is 23.2. The van der Waals surface area contributed by atoms with E-state index in [1.807, 2.05) is 37.3 Å². The third kappa shape index (κ3) is 5.74. The van der Waals surface area contributed by atoms with E-state index in [0.717, 1.165) is 26.6 Å². The highest BCUT2D eigenvalue weighted by molar-refractivity contribution is 14.1. The molecular weight excluding hydrogens is 533 g/mol. The van der Waals surface area contributed by atoms with Crippen LogP contribution in [0.3, 0.4) is 0 Å². The van der Waals surface area contributed by atoms with Crippen LogP contribution in [-0.4, -0.2) is 40.5 Å². The normalized spacial score (nSPS) is 20.3. The number of para-hydroxylation sites is 2. The maximum atomic E-state index is 13.0. The largest absolute Gasteiger partial charge is 0.459 e. The van der Waals surface area contributed by atoms with Gasteiger partial charge in [-0.15, -0.1) is 0 Å². The van der Waals surface area contributed by atoms with Crippen LogP contribution < -0.4 is 5.32 Å². The first-order valence-electron chi connectivity index (χ1n) is 11.2. The highest BCUT2D eigenvalue weighted by atomic mass is 127. The van der Waals surface area contributed by atoms with Gasteiger partial charge in [-0.2, -0.15) is 0 Å². The molecule has 174 valence electrons. The van der Waals surface area contributed by atoms with Gasteiger partial charge in [0.25, 0.3) is 5.91 Å². The Balaban J connectivity index is 1.56. The fourth-order valence-electron chi connectivity index (χ4n) is 4.17. The Morgan fingerprint density at radius 1 is 1.24 bits per heavy atom. The van der Waals surface area contributed by atoms with Gasteiger partial charge in [0.05, 0.1) is 17.6 Å². The van der Waals surface area contributed by atoms with Crippen molar-refractivity contribution in [2.24, 2.45) is 5.92 Å². The molecule has 0 aliphatic carbocycles. The number of aromatic amines is 1. The molecule has 0 radical (unpaired) electrons. The highest BCUT2D eigenvalue weighted by Gasteiger charge is 2.37. The van der Waals surface area contributed by atoms with Gasteiger partial charge < -0.3 is 24.9 Å². The lowest BCUT2D eigenvalue weighted by Crippen LogP contribution is -2.39. The van der Waals surface area contributed by atoms with Crippen LogP contribution in [0.15, 0.2) is 60.4 Å². The Morgan fingerprint density at radius 2 is 2.03 bits per heavy atom. The molecule has 3 N–H and O–H groups in total. The van der Waals surface area contributed by atoms with Crippen molar-refractivity contribution in [1.29, 1.82) is 0 Å². The first-order chi connectivity index (χ1) is 16.1. The number of hydrogen-bond donors (Lipinski definition) is 3. The van der Waals surface area contributed by atoms with Crippen LogP contribution in [0.1, 0.15) is 37.1 Å². The molecule has 1 aromatic heterocycles. The predicted octanol–water partition coefficient (Wildman–Crippen LogP) is 4.23. The molecule has 1 aliphatic heterocycles. The van der Waals surface area contributed by atoms with Crippen LogP contribution in [-0.2, 0) is 20.8 Å². The number of hydrogen-bond acceptors (Lipinski definition) is 5. The standard InChI is InChI=1S/C25H28IN3O4/c1-2-32-25-18(6-5-13-30)19(16-9-11-17(26)12-10-16)14-22(33-25)24(31)27-15-23-28-20-7-3-4-8-21(20)29-23/h3-4,7-12,14,18-19,25,30H,2,5-6,13,15H2,1H3,(H,27,31)(H,28,29)/t18-,19-,25-/m0/s1. The number of nitrogens with zero attached hydrogens (tertiary/aromatic N) is 1. The van der Waals surface area contributed by atoms with E-state index in [-0.39, 0.29) is 36.7 Å². The molecule has 4 rings (SSSR count). The van der Waals surface area contributed by atoms with Gasteiger partial charge in [0.2, 0.25) is 6.29 Å². The second-order valence-corrected chi connectivity index (χ2v) is 9.21. The maximum absolute atomic E-state index is 13.0. The molecule has 0 bridgehead atoms. The molecule has 2 aromatic carbocycles. The number of aliphatic hydroxyl groups excluding tert-OH is 1. The number of aromatic nitrogens is 2. The van der Waals surface area contributed by atoms with Crippen molar-refractivity contribution in [3.63, 3.8) is 0 Å². The summed E-state index contributed by atoms with van der Waals surface area (Å²) >= 11 is 2.28. The molecule has 2 heterocycles. The number of H-pyrrole nitrogens is 1. The second-order valence-electron chi connectivity index (χ2n) is 7.96. The minimum Gasteiger partial charge on any atom is -0.459 e. The van der Waals surface area contributed by atoms with E-state index in [1.165, 1.54) is 0 Å². The zero-order valence-electron chi connectivity index (χ0n) is 18.5. The first-order valence-corrected chi connectivity index (χ1v) is 12.2. The van der Waals surface area contributed by atoms with Gasteiger partial charge in [-0.3, -0.25) is 4.79 Å². The molecule has 8 heteroatoms. The maximum Gasteiger partial charge on any atom is 0.286 e. The number of carbonyl (C=O) groups is 1. The number of amides is 1. The number of nitrogens with one attached hydrogen (secondary N) is 2. The molecule has 7 nitrogen and oxygen atoms in total. The van der Waals surface area contributed by atoms with Crippen molar-refractivity contribution in [3.05, 3.63) is 75.3 Å². The summed E-state index contributed by atoms with van der Waals surface area (Å²) in [6.07, 6.45) is 2.68. The van der Waals surface area contributed by atoms with Gasteiger partial charge in [0.15, 0.2) is 5.76 Å². The topological polar surface area (TPSA) is 96.5 Å². The summed E-state index contributed by atoms with van der Waals surface area (Å²) in [6, 6.07) is 16.0. The van der Waals surface area contributed by atoms with E-state index >= 15 is 0 Å². The minimum absolute atomic E-state index is 0.0101. The van der Waals surface area contributed by atoms with Crippen LogP contribution in [0, 0.1) is 9.49 Å². The van der Waals surface area contributed by atoms with E-state index in [0.29, 0.717) is 18.9 Å². The molecule has 0 spiro atoms. The number of imidazole rings is 1. The van der Waals surface area contributed by atoms with Gasteiger partial charge in [-0.05, 0) is 78.3 Å². The SMILES string of the molecule is CCO[C@H]1OC(C(=O)NCc2nc3ccccc3[nH]2)=C[C@@H](c2ccc(I)cc2)[C@@H]1CCCO. The summed E-state index contributed by atoms with van der Waals surface area (Å²) in [4.78, 5) is 20.8. The number of aliphatic hydroxyl groups is 1. The summed E-state index contributed by atoms with van der Waals surface area (Å²) in [6.45, 7) is 2.73. The number of allylic oxidation sites excluding steroid dienone is 1. The number of carbonyl (C=O) groups excluding carboxylic acids is 1. The van der Waals surface area contributed by atoms with Crippen molar-refractivity contribution in [3.8, 4) is 0 Å². The average molecular weight is 561 g/mol. The van der Waals surface area contributed by atoms with Crippen LogP contribution in [0.4, 0.5) is 0 Å². The predicted molar refractivity (Wildman–Crippen MR) is 134 cm³/mol. The molecule has 1 amide bonds. The molecule has 1 aliphatic rings. The van der Waals surface area contributed by atoms with E-state index in [2.05, 4.69) is 62.1 Å². The summed E-state index contributed by atoms with van der Waals surface area (Å²) in [5.41, 5.74) is 2.88. The number of fused-ring (bicyclic) bond motifs is 1. The van der Waals surface area contributed by atoms with Crippen molar-refractivity contribution >= 4 is 39.5 Å². The van der Waals surface area contributed by atoms with Gasteiger partial charge in [-0.1, -0.05) is 24.3 Å². The second kappa shape index (κ2) is 11.1. The number of halogens is 1. The highest BCUT2D eigenvalue weighted by Crippen LogP contribution is 2.39. The molecule has 3 atom stereocenters. The van der Waals surface area contributed by atoms with Crippen LogP contribution in [0.2, 0.25) is 0 Å². The zero-order valence-corrected chi connectivity index (χ0v) is 20.6. The smallest absolute Gasteiger partial charge is 0.286 e. The molecule has 0 saturated carbocycles. The van der Waals surface area contributed by atoms with Crippen LogP contribution in [0.5, 0.6) is 0 Å². The van der Waals surface area contributed by atoms with Crippen molar-refractivity contribution in [2.75, 3.05) is 13.2 Å². The molecule has 0 unspecified atom stereocenters. The quantitative estimate of drug-likeness (QED) is 0.340. The van der Waals surface area contributed by atoms with Gasteiger partial charge >= 0.3 is 0 Å². The van der Waals surface area contributed by atoms with Crippen LogP contribution in [0.25, 0.3) is 11.0 Å². The van der Waals surface area contributed by atoms with Crippen molar-refractivity contribution in [1.82, 2.24) is 15.3 Å². The van der Waals surface area contributed by atoms with E-state index in [9.17, 15) is 9.90 Å². The summed E-state index contributed by atoms with van der Waals surface area (Å²) in [5, 5.41) is 12.3. The molecule has 3 aromatic rings. The molecule has 0 saturated heterocycles. The Kier molecular flexibility index (Phi) is 8.00. The Bertz CT molecular complexity index is 1080. The minimum atomic E-state index is -0.567. The van der Waals surface area contributed by atoms with Gasteiger partial charge in [0, 0.05) is 28.6 Å². The van der Waals surface area contributed by atoms with E-state index < -0.39 is 6.29 Å². The molecule has 33 heavy (non-hydrogen) atoms.